The molecule has 0 bridgehead atoms. The van der Waals surface area contributed by atoms with E-state index in [4.69, 9.17) is 0 Å². The van der Waals surface area contributed by atoms with E-state index in [1.165, 1.54) is 0 Å². The molecule has 0 unspecified atom stereocenters. The summed E-state index contributed by atoms with van der Waals surface area (Å²) in [6, 6.07) is 6.94. The Kier molecular flexibility index (Phi) is 3.90. The molecule has 2 rings (SSSR count). The van der Waals surface area contributed by atoms with Crippen molar-refractivity contribution in [2.75, 3.05) is 0 Å². The molecule has 0 radical (unpaired) electrons. The number of alkyl halides is 1. The van der Waals surface area contributed by atoms with Gasteiger partial charge < -0.3 is 0 Å². The average molecular weight is 318 g/mol. The van der Waals surface area contributed by atoms with E-state index in [1.54, 1.807) is 12.1 Å². The number of benzene rings is 1. The molecular formula is C12H16BrNO2S. The molecule has 1 aliphatic rings. The fourth-order valence-corrected chi connectivity index (χ4v) is 4.24. The number of rotatable bonds is 3. The molecule has 17 heavy (non-hydrogen) atoms. The highest BCUT2D eigenvalue weighted by molar-refractivity contribution is 9.09. The Labute approximate surface area is 111 Å². The highest BCUT2D eigenvalue weighted by Crippen LogP contribution is 2.27. The number of hydrogen-bond donors (Lipinski definition) is 1. The van der Waals surface area contributed by atoms with Gasteiger partial charge in [0.25, 0.3) is 0 Å². The van der Waals surface area contributed by atoms with Gasteiger partial charge in [-0.3, -0.25) is 0 Å². The molecule has 1 N–H and O–H groups in total. The van der Waals surface area contributed by atoms with E-state index >= 15 is 0 Å². The van der Waals surface area contributed by atoms with E-state index < -0.39 is 10.0 Å². The van der Waals surface area contributed by atoms with Crippen LogP contribution in [-0.4, -0.2) is 19.3 Å². The minimum Gasteiger partial charge on any atom is -0.207 e. The van der Waals surface area contributed by atoms with Gasteiger partial charge in [0.1, 0.15) is 0 Å². The molecule has 0 amide bonds. The van der Waals surface area contributed by atoms with Gasteiger partial charge in [-0.05, 0) is 31.9 Å². The minimum atomic E-state index is -3.37. The lowest BCUT2D eigenvalue weighted by atomic mass is 10.2. The van der Waals surface area contributed by atoms with Gasteiger partial charge in [0.05, 0.1) is 4.90 Å². The summed E-state index contributed by atoms with van der Waals surface area (Å²) in [4.78, 5) is 0.595. The lowest BCUT2D eigenvalue weighted by Crippen LogP contribution is -2.37. The van der Waals surface area contributed by atoms with Crippen molar-refractivity contribution in [3.05, 3.63) is 29.8 Å². The Balaban J connectivity index is 2.16. The van der Waals surface area contributed by atoms with Crippen LogP contribution in [0, 0.1) is 6.92 Å². The summed E-state index contributed by atoms with van der Waals surface area (Å²) in [6.07, 6.45) is 3.00. The predicted molar refractivity (Wildman–Crippen MR) is 71.9 cm³/mol. The first-order valence-corrected chi connectivity index (χ1v) is 8.12. The van der Waals surface area contributed by atoms with E-state index in [0.29, 0.717) is 4.90 Å². The minimum absolute atomic E-state index is 0.0151. The van der Waals surface area contributed by atoms with Crippen LogP contribution in [0.4, 0.5) is 0 Å². The largest absolute Gasteiger partial charge is 0.240 e. The van der Waals surface area contributed by atoms with Crippen LogP contribution in [-0.2, 0) is 10.0 Å². The zero-order valence-corrected chi connectivity index (χ0v) is 12.1. The van der Waals surface area contributed by atoms with Crippen molar-refractivity contribution in [2.24, 2.45) is 0 Å². The van der Waals surface area contributed by atoms with Crippen molar-refractivity contribution in [1.29, 1.82) is 0 Å². The lowest BCUT2D eigenvalue weighted by Gasteiger charge is -2.16. The van der Waals surface area contributed by atoms with Crippen LogP contribution in [0.5, 0.6) is 0 Å². The fourth-order valence-electron chi connectivity index (χ4n) is 2.03. The first kappa shape index (κ1) is 13.1. The van der Waals surface area contributed by atoms with Crippen molar-refractivity contribution in [3.8, 4) is 0 Å². The maximum atomic E-state index is 12.1. The summed E-state index contributed by atoms with van der Waals surface area (Å²) in [5, 5.41) is 0. The normalized spacial score (nSPS) is 25.1. The SMILES string of the molecule is Cc1ccc(S(=O)(=O)N[C@H]2CCC[C@@H]2Br)cc1. The van der Waals surface area contributed by atoms with Crippen LogP contribution in [0.3, 0.4) is 0 Å². The van der Waals surface area contributed by atoms with Crippen molar-refractivity contribution in [2.45, 2.75) is 42.0 Å². The van der Waals surface area contributed by atoms with E-state index in [-0.39, 0.29) is 10.9 Å². The zero-order valence-electron chi connectivity index (χ0n) is 9.69. The fraction of sp³-hybridized carbons (Fsp3) is 0.500. The Morgan fingerprint density at radius 1 is 1.24 bits per heavy atom. The number of sulfonamides is 1. The first-order valence-electron chi connectivity index (χ1n) is 5.72. The highest BCUT2D eigenvalue weighted by Gasteiger charge is 2.29. The van der Waals surface area contributed by atoms with Gasteiger partial charge >= 0.3 is 0 Å². The summed E-state index contributed by atoms with van der Waals surface area (Å²) in [5.74, 6) is 0. The second-order valence-electron chi connectivity index (χ2n) is 4.49. The van der Waals surface area contributed by atoms with Crippen LogP contribution < -0.4 is 4.72 Å². The molecule has 5 heteroatoms. The Bertz CT molecular complexity index is 484. The average Bonchev–Trinajstić information content (AvgIpc) is 2.64. The standard InChI is InChI=1S/C12H16BrNO2S/c1-9-5-7-10(8-6-9)17(15,16)14-12-4-2-3-11(12)13/h5-8,11-12,14H,2-4H2,1H3/t11-,12-/m0/s1. The van der Waals surface area contributed by atoms with Crippen molar-refractivity contribution in [1.82, 2.24) is 4.72 Å². The van der Waals surface area contributed by atoms with Crippen molar-refractivity contribution in [3.63, 3.8) is 0 Å². The zero-order chi connectivity index (χ0) is 12.5. The van der Waals surface area contributed by atoms with E-state index in [0.717, 1.165) is 24.8 Å². The summed E-state index contributed by atoms with van der Waals surface area (Å²) in [7, 11) is -3.37. The number of nitrogens with one attached hydrogen (secondary N) is 1. The number of hydrogen-bond acceptors (Lipinski definition) is 2. The van der Waals surface area contributed by atoms with Crippen LogP contribution in [0.25, 0.3) is 0 Å². The first-order chi connectivity index (χ1) is 7.99. The molecule has 0 aromatic heterocycles. The third kappa shape index (κ3) is 3.09. The van der Waals surface area contributed by atoms with Crippen molar-refractivity contribution < 1.29 is 8.42 Å². The van der Waals surface area contributed by atoms with E-state index in [2.05, 4.69) is 20.7 Å². The molecule has 1 aromatic rings. The van der Waals surface area contributed by atoms with Gasteiger partial charge in [0, 0.05) is 10.9 Å². The molecule has 0 saturated heterocycles. The molecule has 0 heterocycles. The third-order valence-electron chi connectivity index (χ3n) is 3.07. The second kappa shape index (κ2) is 5.08. The molecule has 0 aliphatic heterocycles. The Morgan fingerprint density at radius 3 is 2.41 bits per heavy atom. The third-order valence-corrected chi connectivity index (χ3v) is 5.67. The van der Waals surface area contributed by atoms with Gasteiger partial charge in [-0.1, -0.05) is 40.0 Å². The van der Waals surface area contributed by atoms with Crippen LogP contribution in [0.2, 0.25) is 0 Å². The molecule has 1 aromatic carbocycles. The molecule has 2 atom stereocenters. The molecular weight excluding hydrogens is 302 g/mol. The maximum absolute atomic E-state index is 12.1. The summed E-state index contributed by atoms with van der Waals surface area (Å²) in [5.41, 5.74) is 1.06. The Morgan fingerprint density at radius 2 is 1.88 bits per heavy atom. The monoisotopic (exact) mass is 317 g/mol. The molecule has 1 aliphatic carbocycles. The molecule has 3 nitrogen and oxygen atoms in total. The second-order valence-corrected chi connectivity index (χ2v) is 7.38. The smallest absolute Gasteiger partial charge is 0.207 e. The molecule has 94 valence electrons. The summed E-state index contributed by atoms with van der Waals surface area (Å²) >= 11 is 3.51. The van der Waals surface area contributed by atoms with Crippen LogP contribution in [0.1, 0.15) is 24.8 Å². The molecule has 0 spiro atoms. The number of halogens is 1. The number of aryl methyl sites for hydroxylation is 1. The van der Waals surface area contributed by atoms with Gasteiger partial charge in [-0.2, -0.15) is 0 Å². The van der Waals surface area contributed by atoms with Crippen LogP contribution in [0.15, 0.2) is 29.2 Å². The quantitative estimate of drug-likeness (QED) is 0.871. The highest BCUT2D eigenvalue weighted by atomic mass is 79.9. The van der Waals surface area contributed by atoms with Gasteiger partial charge in [-0.15, -0.1) is 0 Å². The van der Waals surface area contributed by atoms with Gasteiger partial charge in [0.2, 0.25) is 10.0 Å². The van der Waals surface area contributed by atoms with Gasteiger partial charge in [0.15, 0.2) is 0 Å². The van der Waals surface area contributed by atoms with Gasteiger partial charge in [-0.25, -0.2) is 13.1 Å². The molecule has 1 fully saturated rings. The van der Waals surface area contributed by atoms with Crippen molar-refractivity contribution >= 4 is 26.0 Å². The maximum Gasteiger partial charge on any atom is 0.240 e. The summed E-state index contributed by atoms with van der Waals surface area (Å²) in [6.45, 7) is 1.94. The van der Waals surface area contributed by atoms with E-state index in [9.17, 15) is 8.42 Å². The Hall–Kier alpha value is -0.390. The van der Waals surface area contributed by atoms with Crippen LogP contribution >= 0.6 is 15.9 Å². The lowest BCUT2D eigenvalue weighted by molar-refractivity contribution is 0.556. The van der Waals surface area contributed by atoms with E-state index in [1.807, 2.05) is 19.1 Å². The topological polar surface area (TPSA) is 46.2 Å². The predicted octanol–water partition coefficient (Wildman–Crippen LogP) is 2.59. The molecule has 1 saturated carbocycles. The summed E-state index contributed by atoms with van der Waals surface area (Å²) < 4.78 is 27.0.